The molecular formula is C17H17NO3. The molecule has 4 heteroatoms. The van der Waals surface area contributed by atoms with Crippen LogP contribution in [0, 0.1) is 0 Å². The SMILES string of the molecule is O=CC(CNc1ccccc1)OC(=O)Cc1ccccc1. The van der Waals surface area contributed by atoms with Crippen molar-refractivity contribution in [3.63, 3.8) is 0 Å². The molecule has 0 amide bonds. The van der Waals surface area contributed by atoms with Crippen LogP contribution >= 0.6 is 0 Å². The first-order valence-corrected chi connectivity index (χ1v) is 6.75. The van der Waals surface area contributed by atoms with Crippen molar-refractivity contribution < 1.29 is 14.3 Å². The summed E-state index contributed by atoms with van der Waals surface area (Å²) in [6.07, 6.45) is 0.0106. The Morgan fingerprint density at radius 2 is 1.67 bits per heavy atom. The third-order valence-electron chi connectivity index (χ3n) is 2.91. The van der Waals surface area contributed by atoms with Crippen molar-refractivity contribution in [1.29, 1.82) is 0 Å². The van der Waals surface area contributed by atoms with Crippen LogP contribution in [0.25, 0.3) is 0 Å². The van der Waals surface area contributed by atoms with Gasteiger partial charge in [0.05, 0.1) is 13.0 Å². The third-order valence-corrected chi connectivity index (χ3v) is 2.91. The van der Waals surface area contributed by atoms with Gasteiger partial charge in [-0.15, -0.1) is 0 Å². The molecule has 2 aromatic carbocycles. The zero-order valence-corrected chi connectivity index (χ0v) is 11.6. The highest BCUT2D eigenvalue weighted by Gasteiger charge is 2.13. The first-order chi connectivity index (χ1) is 10.3. The summed E-state index contributed by atoms with van der Waals surface area (Å²) >= 11 is 0. The largest absolute Gasteiger partial charge is 0.453 e. The predicted octanol–water partition coefficient (Wildman–Crippen LogP) is 2.45. The van der Waals surface area contributed by atoms with Gasteiger partial charge in [-0.2, -0.15) is 0 Å². The molecule has 0 spiro atoms. The lowest BCUT2D eigenvalue weighted by Gasteiger charge is -2.14. The van der Waals surface area contributed by atoms with E-state index in [-0.39, 0.29) is 13.0 Å². The van der Waals surface area contributed by atoms with Crippen LogP contribution in [0.15, 0.2) is 60.7 Å². The Hall–Kier alpha value is -2.62. The first-order valence-electron chi connectivity index (χ1n) is 6.75. The van der Waals surface area contributed by atoms with Crippen LogP contribution in [0.3, 0.4) is 0 Å². The number of esters is 1. The first kappa shape index (κ1) is 14.8. The highest BCUT2D eigenvalue weighted by atomic mass is 16.5. The molecule has 0 bridgehead atoms. The summed E-state index contributed by atoms with van der Waals surface area (Å²) in [6.45, 7) is 0.258. The molecule has 0 saturated heterocycles. The van der Waals surface area contributed by atoms with Crippen LogP contribution in [0.1, 0.15) is 5.56 Å². The minimum absolute atomic E-state index is 0.163. The van der Waals surface area contributed by atoms with Gasteiger partial charge in [-0.1, -0.05) is 48.5 Å². The predicted molar refractivity (Wildman–Crippen MR) is 81.0 cm³/mol. The van der Waals surface area contributed by atoms with E-state index in [4.69, 9.17) is 4.74 Å². The number of carbonyl (C=O) groups is 2. The number of carbonyl (C=O) groups excluding carboxylic acids is 2. The van der Waals surface area contributed by atoms with Crippen LogP contribution in [-0.2, 0) is 20.7 Å². The monoisotopic (exact) mass is 283 g/mol. The van der Waals surface area contributed by atoms with E-state index in [0.717, 1.165) is 11.3 Å². The Labute approximate surface area is 123 Å². The summed E-state index contributed by atoms with van der Waals surface area (Å²) in [4.78, 5) is 22.8. The second kappa shape index (κ2) is 7.85. The Morgan fingerprint density at radius 1 is 1.05 bits per heavy atom. The Bertz CT molecular complexity index is 569. The van der Waals surface area contributed by atoms with Crippen LogP contribution in [0.2, 0.25) is 0 Å². The molecule has 1 atom stereocenters. The fourth-order valence-corrected chi connectivity index (χ4v) is 1.87. The van der Waals surface area contributed by atoms with Crippen molar-refractivity contribution in [3.8, 4) is 0 Å². The van der Waals surface area contributed by atoms with Gasteiger partial charge in [0.1, 0.15) is 0 Å². The molecule has 2 aromatic rings. The fraction of sp³-hybridized carbons (Fsp3) is 0.176. The molecule has 0 saturated carbocycles. The molecule has 0 heterocycles. The molecule has 0 aliphatic carbocycles. The van der Waals surface area contributed by atoms with Crippen LogP contribution in [0.4, 0.5) is 5.69 Å². The average molecular weight is 283 g/mol. The molecule has 21 heavy (non-hydrogen) atoms. The molecule has 2 rings (SSSR count). The van der Waals surface area contributed by atoms with E-state index in [9.17, 15) is 9.59 Å². The molecule has 108 valence electrons. The van der Waals surface area contributed by atoms with E-state index in [2.05, 4.69) is 5.32 Å². The summed E-state index contributed by atoms with van der Waals surface area (Å²) in [5.74, 6) is -0.409. The molecule has 0 aliphatic heterocycles. The van der Waals surface area contributed by atoms with Gasteiger partial charge in [0.2, 0.25) is 0 Å². The molecule has 4 nitrogen and oxygen atoms in total. The molecule has 0 fully saturated rings. The number of benzene rings is 2. The van der Waals surface area contributed by atoms with Gasteiger partial charge in [-0.3, -0.25) is 9.59 Å². The Morgan fingerprint density at radius 3 is 2.29 bits per heavy atom. The number of nitrogens with one attached hydrogen (secondary N) is 1. The summed E-state index contributed by atoms with van der Waals surface area (Å²) in [6, 6.07) is 18.7. The summed E-state index contributed by atoms with van der Waals surface area (Å²) in [5.41, 5.74) is 1.74. The Balaban J connectivity index is 1.81. The lowest BCUT2D eigenvalue weighted by molar-refractivity contribution is -0.150. The quantitative estimate of drug-likeness (QED) is 0.626. The van der Waals surface area contributed by atoms with Gasteiger partial charge in [0, 0.05) is 5.69 Å². The number of aldehydes is 1. The molecule has 0 aliphatic rings. The maximum absolute atomic E-state index is 11.8. The minimum atomic E-state index is -0.790. The maximum atomic E-state index is 11.8. The zero-order chi connectivity index (χ0) is 14.9. The van der Waals surface area contributed by atoms with Gasteiger partial charge in [-0.25, -0.2) is 0 Å². The van der Waals surface area contributed by atoms with E-state index in [1.165, 1.54) is 0 Å². The van der Waals surface area contributed by atoms with Crippen molar-refractivity contribution in [2.75, 3.05) is 11.9 Å². The van der Waals surface area contributed by atoms with E-state index in [1.807, 2.05) is 60.7 Å². The van der Waals surface area contributed by atoms with Crippen LogP contribution < -0.4 is 5.32 Å². The second-order valence-corrected chi connectivity index (χ2v) is 4.57. The number of anilines is 1. The zero-order valence-electron chi connectivity index (χ0n) is 11.6. The van der Waals surface area contributed by atoms with Crippen LogP contribution in [0.5, 0.6) is 0 Å². The molecule has 0 radical (unpaired) electrons. The van der Waals surface area contributed by atoms with Crippen molar-refractivity contribution in [1.82, 2.24) is 0 Å². The summed E-state index contributed by atoms with van der Waals surface area (Å²) in [7, 11) is 0. The summed E-state index contributed by atoms with van der Waals surface area (Å²) < 4.78 is 5.16. The smallest absolute Gasteiger partial charge is 0.311 e. The normalized spacial score (nSPS) is 11.4. The van der Waals surface area contributed by atoms with Crippen LogP contribution in [-0.4, -0.2) is 24.9 Å². The maximum Gasteiger partial charge on any atom is 0.311 e. The van der Waals surface area contributed by atoms with Gasteiger partial charge in [-0.05, 0) is 17.7 Å². The number of hydrogen-bond donors (Lipinski definition) is 1. The number of hydrogen-bond acceptors (Lipinski definition) is 4. The van der Waals surface area contributed by atoms with E-state index < -0.39 is 12.1 Å². The topological polar surface area (TPSA) is 55.4 Å². The van der Waals surface area contributed by atoms with Crippen molar-refractivity contribution in [2.24, 2.45) is 0 Å². The van der Waals surface area contributed by atoms with Gasteiger partial charge >= 0.3 is 5.97 Å². The van der Waals surface area contributed by atoms with Crippen molar-refractivity contribution in [3.05, 3.63) is 66.2 Å². The molecule has 1 unspecified atom stereocenters. The standard InChI is InChI=1S/C17H17NO3/c19-13-16(12-18-15-9-5-2-6-10-15)21-17(20)11-14-7-3-1-4-8-14/h1-10,13,16,18H,11-12H2. The number of ether oxygens (including phenoxy) is 1. The lowest BCUT2D eigenvalue weighted by atomic mass is 10.1. The highest BCUT2D eigenvalue weighted by molar-refractivity contribution is 5.75. The van der Waals surface area contributed by atoms with Gasteiger partial charge < -0.3 is 10.1 Å². The van der Waals surface area contributed by atoms with E-state index in [1.54, 1.807) is 0 Å². The highest BCUT2D eigenvalue weighted by Crippen LogP contribution is 2.06. The summed E-state index contributed by atoms with van der Waals surface area (Å²) in [5, 5.41) is 3.06. The number of para-hydroxylation sites is 1. The van der Waals surface area contributed by atoms with Crippen molar-refractivity contribution in [2.45, 2.75) is 12.5 Å². The Kier molecular flexibility index (Phi) is 5.52. The fourth-order valence-electron chi connectivity index (χ4n) is 1.87. The number of rotatable bonds is 7. The second-order valence-electron chi connectivity index (χ2n) is 4.57. The minimum Gasteiger partial charge on any atom is -0.453 e. The van der Waals surface area contributed by atoms with Gasteiger partial charge in [0.15, 0.2) is 12.4 Å². The lowest BCUT2D eigenvalue weighted by Crippen LogP contribution is -2.28. The van der Waals surface area contributed by atoms with E-state index in [0.29, 0.717) is 6.29 Å². The van der Waals surface area contributed by atoms with Crippen molar-refractivity contribution >= 4 is 17.9 Å². The molecule has 1 N–H and O–H groups in total. The third kappa shape index (κ3) is 5.10. The molecular weight excluding hydrogens is 266 g/mol. The molecule has 0 aromatic heterocycles. The van der Waals surface area contributed by atoms with Gasteiger partial charge in [0.25, 0.3) is 0 Å². The average Bonchev–Trinajstić information content (AvgIpc) is 2.53. The van der Waals surface area contributed by atoms with E-state index >= 15 is 0 Å².